The number of hydrogen-bond acceptors (Lipinski definition) is 8. The Labute approximate surface area is 210 Å². The quantitative estimate of drug-likeness (QED) is 0.411. The molecule has 3 N–H and O–H groups in total. The summed E-state index contributed by atoms with van der Waals surface area (Å²) in [5, 5.41) is 15.6. The highest BCUT2D eigenvalue weighted by atomic mass is 32.2. The molecule has 0 aliphatic carbocycles. The maximum absolute atomic E-state index is 12.6. The van der Waals surface area contributed by atoms with Crippen LogP contribution in [0.5, 0.6) is 0 Å². The van der Waals surface area contributed by atoms with Crippen LogP contribution in [-0.2, 0) is 39.1 Å². The van der Waals surface area contributed by atoms with Crippen LogP contribution in [0.2, 0.25) is 0 Å². The molecule has 2 atom stereocenters. The zero-order chi connectivity index (χ0) is 25.9. The van der Waals surface area contributed by atoms with E-state index in [1.165, 1.54) is 15.4 Å². The van der Waals surface area contributed by atoms with Crippen LogP contribution in [-0.4, -0.2) is 59.0 Å². The molecule has 0 radical (unpaired) electrons. The highest BCUT2D eigenvalue weighted by Gasteiger charge is 2.36. The zero-order valence-electron chi connectivity index (χ0n) is 20.5. The number of ether oxygens (including phenoxy) is 1. The topological polar surface area (TPSA) is 145 Å². The predicted molar refractivity (Wildman–Crippen MR) is 134 cm³/mol. The van der Waals surface area contributed by atoms with Gasteiger partial charge in [-0.25, -0.2) is 8.42 Å². The molecule has 1 aliphatic rings. The van der Waals surface area contributed by atoms with Crippen molar-refractivity contribution in [1.82, 2.24) is 25.5 Å². The second-order valence-corrected chi connectivity index (χ2v) is 11.4. The maximum Gasteiger partial charge on any atom is 0.240 e. The van der Waals surface area contributed by atoms with Crippen LogP contribution in [0.25, 0.3) is 0 Å². The van der Waals surface area contributed by atoms with Crippen molar-refractivity contribution in [3.63, 3.8) is 0 Å². The van der Waals surface area contributed by atoms with E-state index in [2.05, 4.69) is 20.7 Å². The summed E-state index contributed by atoms with van der Waals surface area (Å²) in [5.41, 5.74) is 7.44. The predicted octanol–water partition coefficient (Wildman–Crippen LogP) is 1.18. The van der Waals surface area contributed by atoms with Gasteiger partial charge in [0.2, 0.25) is 15.9 Å². The molecule has 0 bridgehead atoms. The number of hydrogen-bond donors (Lipinski definition) is 2. The monoisotopic (exact) mass is 513 g/mol. The number of benzene rings is 2. The van der Waals surface area contributed by atoms with Crippen LogP contribution in [0.4, 0.5) is 5.69 Å². The van der Waals surface area contributed by atoms with Crippen molar-refractivity contribution >= 4 is 21.6 Å². The van der Waals surface area contributed by atoms with Gasteiger partial charge in [0, 0.05) is 0 Å². The van der Waals surface area contributed by atoms with Gasteiger partial charge >= 0.3 is 0 Å². The van der Waals surface area contributed by atoms with E-state index >= 15 is 0 Å². The van der Waals surface area contributed by atoms with Gasteiger partial charge in [-0.05, 0) is 42.7 Å². The van der Waals surface area contributed by atoms with Gasteiger partial charge in [0.1, 0.15) is 6.04 Å². The lowest BCUT2D eigenvalue weighted by molar-refractivity contribution is -0.126. The Bertz CT molecular complexity index is 1310. The third-order valence-electron chi connectivity index (χ3n) is 5.81. The summed E-state index contributed by atoms with van der Waals surface area (Å²) in [5.74, 6) is -0.135. The molecule has 4 rings (SSSR count). The van der Waals surface area contributed by atoms with Crippen LogP contribution < -0.4 is 15.4 Å². The average molecular weight is 514 g/mol. The molecule has 2 aromatic carbocycles. The Hall–Kier alpha value is -3.35. The van der Waals surface area contributed by atoms with Crippen LogP contribution in [0.1, 0.15) is 36.8 Å². The Kier molecular flexibility index (Phi) is 7.38. The fourth-order valence-electron chi connectivity index (χ4n) is 4.07. The summed E-state index contributed by atoms with van der Waals surface area (Å²) in [6, 6.07) is 16.0. The van der Waals surface area contributed by atoms with Gasteiger partial charge < -0.3 is 15.8 Å². The van der Waals surface area contributed by atoms with Gasteiger partial charge in [-0.2, -0.15) is 4.80 Å². The van der Waals surface area contributed by atoms with Gasteiger partial charge in [-0.15, -0.1) is 10.2 Å². The molecular formula is C24H31N7O4S. The second kappa shape index (κ2) is 10.3. The molecule has 0 spiro atoms. The molecule has 1 aromatic heterocycles. The molecule has 1 aliphatic heterocycles. The van der Waals surface area contributed by atoms with Crippen molar-refractivity contribution in [2.24, 2.45) is 5.73 Å². The number of aromatic nitrogens is 4. The molecule has 0 saturated heterocycles. The minimum Gasteiger partial charge on any atom is -0.374 e. The number of nitrogens with one attached hydrogen (secondary N) is 1. The summed E-state index contributed by atoms with van der Waals surface area (Å²) in [6.45, 7) is 3.85. The van der Waals surface area contributed by atoms with Crippen molar-refractivity contribution < 1.29 is 17.9 Å². The number of para-hydroxylation sites is 1. The number of nitrogens with zero attached hydrogens (tertiary/aromatic N) is 5. The molecule has 0 fully saturated rings. The molecule has 11 nitrogen and oxygen atoms in total. The normalized spacial score (nSPS) is 16.6. The zero-order valence-corrected chi connectivity index (χ0v) is 21.4. The van der Waals surface area contributed by atoms with Gasteiger partial charge in [-0.1, -0.05) is 48.5 Å². The third-order valence-corrected chi connectivity index (χ3v) is 7.02. The largest absolute Gasteiger partial charge is 0.374 e. The highest BCUT2D eigenvalue weighted by Crippen LogP contribution is 2.34. The number of nitrogens with two attached hydrogens (primary N) is 1. The first-order valence-corrected chi connectivity index (χ1v) is 13.4. The summed E-state index contributed by atoms with van der Waals surface area (Å²) in [6.07, 6.45) is 1.72. The smallest absolute Gasteiger partial charge is 0.240 e. The van der Waals surface area contributed by atoms with Crippen molar-refractivity contribution in [3.05, 3.63) is 71.5 Å². The molecule has 2 heterocycles. The molecule has 192 valence electrons. The number of tetrazole rings is 1. The van der Waals surface area contributed by atoms with E-state index in [0.29, 0.717) is 18.7 Å². The number of carbonyl (C=O) groups is 1. The maximum atomic E-state index is 12.6. The van der Waals surface area contributed by atoms with Crippen molar-refractivity contribution in [1.29, 1.82) is 0 Å². The van der Waals surface area contributed by atoms with Crippen molar-refractivity contribution in [2.45, 2.75) is 51.0 Å². The second-order valence-electron chi connectivity index (χ2n) is 9.50. The van der Waals surface area contributed by atoms with E-state index in [9.17, 15) is 13.2 Å². The van der Waals surface area contributed by atoms with Crippen molar-refractivity contribution in [2.75, 3.05) is 17.2 Å². The molecule has 1 amide bonds. The Morgan fingerprint density at radius 3 is 2.58 bits per heavy atom. The minimum absolute atomic E-state index is 0.104. The van der Waals surface area contributed by atoms with Gasteiger partial charge in [0.05, 0.1) is 43.3 Å². The van der Waals surface area contributed by atoms with E-state index < -0.39 is 27.6 Å². The lowest BCUT2D eigenvalue weighted by Crippen LogP contribution is -2.50. The van der Waals surface area contributed by atoms with E-state index in [1.54, 1.807) is 19.9 Å². The molecule has 3 aromatic rings. The molecule has 36 heavy (non-hydrogen) atoms. The number of sulfonamides is 1. The highest BCUT2D eigenvalue weighted by molar-refractivity contribution is 7.92. The lowest BCUT2D eigenvalue weighted by Gasteiger charge is -2.24. The average Bonchev–Trinajstić information content (AvgIpc) is 3.42. The minimum atomic E-state index is -3.51. The van der Waals surface area contributed by atoms with Crippen LogP contribution >= 0.6 is 0 Å². The summed E-state index contributed by atoms with van der Waals surface area (Å²) in [7, 11) is -3.51. The Morgan fingerprint density at radius 2 is 1.89 bits per heavy atom. The molecular weight excluding hydrogens is 482 g/mol. The summed E-state index contributed by atoms with van der Waals surface area (Å²) >= 11 is 0. The fourth-order valence-corrected chi connectivity index (χ4v) is 5.29. The standard InChI is InChI=1S/C24H31N7O4S/c1-24(2,25)23(32)26-20(16-35-15-17-9-5-4-6-10-17)22-27-29-30(28-22)14-19-13-18-11-7-8-12-21(18)31(19)36(3,33)34/h4-12,19-20H,13-16,25H2,1-3H3,(H,26,32)/t19?,20-/m1/s1. The summed E-state index contributed by atoms with van der Waals surface area (Å²) < 4.78 is 32.3. The first kappa shape index (κ1) is 25.7. The first-order valence-electron chi connectivity index (χ1n) is 11.6. The Balaban J connectivity index is 1.50. The summed E-state index contributed by atoms with van der Waals surface area (Å²) in [4.78, 5) is 14.0. The molecule has 12 heteroatoms. The number of anilines is 1. The van der Waals surface area contributed by atoms with Crippen LogP contribution in [0.3, 0.4) is 0 Å². The molecule has 0 saturated carbocycles. The SMILES string of the molecule is CC(C)(N)C(=O)N[C@H](COCc1ccccc1)c1nnn(CC2Cc3ccccc3N2S(C)(=O)=O)n1. The van der Waals surface area contributed by atoms with E-state index in [-0.39, 0.29) is 24.9 Å². The first-order chi connectivity index (χ1) is 17.0. The van der Waals surface area contributed by atoms with Crippen molar-refractivity contribution in [3.8, 4) is 0 Å². The number of carbonyl (C=O) groups excluding carboxylic acids is 1. The number of rotatable bonds is 10. The van der Waals surface area contributed by atoms with Gasteiger partial charge in [0.15, 0.2) is 5.82 Å². The van der Waals surface area contributed by atoms with Crippen LogP contribution in [0, 0.1) is 0 Å². The third kappa shape index (κ3) is 6.07. The number of fused-ring (bicyclic) bond motifs is 1. The van der Waals surface area contributed by atoms with Crippen LogP contribution in [0.15, 0.2) is 54.6 Å². The van der Waals surface area contributed by atoms with Gasteiger partial charge in [-0.3, -0.25) is 9.10 Å². The lowest BCUT2D eigenvalue weighted by atomic mass is 10.1. The molecule has 1 unspecified atom stereocenters. The number of amides is 1. The van der Waals surface area contributed by atoms with E-state index in [0.717, 1.165) is 11.1 Å². The van der Waals surface area contributed by atoms with E-state index in [4.69, 9.17) is 10.5 Å². The van der Waals surface area contributed by atoms with E-state index in [1.807, 2.05) is 48.5 Å². The van der Waals surface area contributed by atoms with Gasteiger partial charge in [0.25, 0.3) is 0 Å². The fraction of sp³-hybridized carbons (Fsp3) is 0.417. The Morgan fingerprint density at radius 1 is 1.19 bits per heavy atom.